The van der Waals surface area contributed by atoms with E-state index in [9.17, 15) is 4.79 Å². The summed E-state index contributed by atoms with van der Waals surface area (Å²) in [5.41, 5.74) is 1.63. The lowest BCUT2D eigenvalue weighted by atomic mass is 10.1. The van der Waals surface area contributed by atoms with Gasteiger partial charge in [-0.25, -0.2) is 4.98 Å². The third kappa shape index (κ3) is 3.80. The lowest BCUT2D eigenvalue weighted by Gasteiger charge is -2.34. The number of nitrogens with zero attached hydrogens (tertiary/aromatic N) is 2. The molecule has 1 aliphatic rings. The summed E-state index contributed by atoms with van der Waals surface area (Å²) < 4.78 is 5.24. The predicted octanol–water partition coefficient (Wildman–Crippen LogP) is 2.62. The van der Waals surface area contributed by atoms with Crippen LogP contribution in [0, 0.1) is 0 Å². The fourth-order valence-electron chi connectivity index (χ4n) is 2.44. The molecule has 0 spiro atoms. The lowest BCUT2D eigenvalue weighted by Crippen LogP contribution is -2.52. The van der Waals surface area contributed by atoms with E-state index in [4.69, 9.17) is 4.42 Å². The second kappa shape index (κ2) is 8.17. The summed E-state index contributed by atoms with van der Waals surface area (Å²) in [6.07, 6.45) is 3.06. The number of halogens is 2. The molecule has 1 N–H and O–H groups in total. The highest BCUT2D eigenvalue weighted by atomic mass is 35.5. The molecule has 0 saturated carbocycles. The van der Waals surface area contributed by atoms with Gasteiger partial charge in [0.1, 0.15) is 0 Å². The van der Waals surface area contributed by atoms with Crippen molar-refractivity contribution in [3.05, 3.63) is 42.4 Å². The van der Waals surface area contributed by atoms with Crippen molar-refractivity contribution < 1.29 is 9.21 Å². The molecule has 1 aromatic heterocycles. The third-order valence-corrected chi connectivity index (χ3v) is 3.61. The van der Waals surface area contributed by atoms with Crippen LogP contribution in [-0.2, 0) is 0 Å². The van der Waals surface area contributed by atoms with Crippen molar-refractivity contribution in [1.29, 1.82) is 0 Å². The van der Waals surface area contributed by atoms with Crippen LogP contribution >= 0.6 is 24.8 Å². The van der Waals surface area contributed by atoms with Crippen molar-refractivity contribution in [2.75, 3.05) is 19.6 Å². The smallest absolute Gasteiger partial charge is 0.254 e. The van der Waals surface area contributed by atoms with E-state index in [2.05, 4.69) is 17.2 Å². The molecule has 22 heavy (non-hydrogen) atoms. The van der Waals surface area contributed by atoms with Crippen LogP contribution in [-0.4, -0.2) is 41.5 Å². The van der Waals surface area contributed by atoms with Gasteiger partial charge in [-0.15, -0.1) is 24.8 Å². The Hall–Kier alpha value is -1.56. The zero-order valence-corrected chi connectivity index (χ0v) is 13.8. The second-order valence-electron chi connectivity index (χ2n) is 4.99. The highest BCUT2D eigenvalue weighted by Gasteiger charge is 2.23. The van der Waals surface area contributed by atoms with Crippen LogP contribution in [0.3, 0.4) is 0 Å². The number of amides is 1. The van der Waals surface area contributed by atoms with Crippen molar-refractivity contribution in [2.45, 2.75) is 13.0 Å². The second-order valence-corrected chi connectivity index (χ2v) is 4.99. The quantitative estimate of drug-likeness (QED) is 0.910. The number of carbonyl (C=O) groups excluding carboxylic acids is 1. The normalized spacial score (nSPS) is 17.3. The Kier molecular flexibility index (Phi) is 6.87. The van der Waals surface area contributed by atoms with Gasteiger partial charge < -0.3 is 14.6 Å². The number of hydrogen-bond donors (Lipinski definition) is 1. The summed E-state index contributed by atoms with van der Waals surface area (Å²) in [6, 6.07) is 7.69. The van der Waals surface area contributed by atoms with Gasteiger partial charge in [0.15, 0.2) is 12.2 Å². The first-order valence-corrected chi connectivity index (χ1v) is 6.76. The van der Waals surface area contributed by atoms with Crippen LogP contribution in [0.5, 0.6) is 0 Å². The Bertz CT molecular complexity index is 587. The number of benzene rings is 1. The molecule has 120 valence electrons. The number of nitrogens with one attached hydrogen (secondary N) is 1. The predicted molar refractivity (Wildman–Crippen MR) is 89.8 cm³/mol. The molecule has 0 bridgehead atoms. The Morgan fingerprint density at radius 1 is 1.32 bits per heavy atom. The number of oxazole rings is 1. The van der Waals surface area contributed by atoms with Gasteiger partial charge in [0.05, 0.1) is 6.20 Å². The zero-order chi connectivity index (χ0) is 13.9. The molecule has 1 aromatic carbocycles. The molecule has 1 aliphatic heterocycles. The van der Waals surface area contributed by atoms with Gasteiger partial charge in [-0.3, -0.25) is 4.79 Å². The molecule has 0 aliphatic carbocycles. The van der Waals surface area contributed by atoms with Crippen LogP contribution in [0.1, 0.15) is 17.3 Å². The van der Waals surface area contributed by atoms with Crippen LogP contribution in [0.25, 0.3) is 11.3 Å². The number of carbonyl (C=O) groups is 1. The minimum absolute atomic E-state index is 0. The van der Waals surface area contributed by atoms with Crippen molar-refractivity contribution in [2.24, 2.45) is 0 Å². The molecule has 2 heterocycles. The summed E-state index contributed by atoms with van der Waals surface area (Å²) in [4.78, 5) is 18.3. The molecule has 1 fully saturated rings. The highest BCUT2D eigenvalue weighted by molar-refractivity contribution is 5.95. The maximum absolute atomic E-state index is 12.5. The molecule has 0 radical (unpaired) electrons. The van der Waals surface area contributed by atoms with Gasteiger partial charge >= 0.3 is 0 Å². The van der Waals surface area contributed by atoms with Crippen LogP contribution in [0.15, 0.2) is 41.3 Å². The summed E-state index contributed by atoms with van der Waals surface area (Å²) in [6.45, 7) is 4.52. The molecule has 1 atom stereocenters. The van der Waals surface area contributed by atoms with Gasteiger partial charge in [0.25, 0.3) is 5.91 Å². The highest BCUT2D eigenvalue weighted by Crippen LogP contribution is 2.20. The number of rotatable bonds is 2. The summed E-state index contributed by atoms with van der Waals surface area (Å²) >= 11 is 0. The molecule has 1 saturated heterocycles. The number of aromatic nitrogens is 1. The summed E-state index contributed by atoms with van der Waals surface area (Å²) in [7, 11) is 0. The number of piperazine rings is 1. The SMILES string of the molecule is C[C@H]1CNCCN1C(=O)c1ccc(-c2cnco2)cc1.Cl.Cl. The maximum atomic E-state index is 12.5. The van der Waals surface area contributed by atoms with E-state index in [0.29, 0.717) is 11.3 Å². The van der Waals surface area contributed by atoms with Gasteiger partial charge in [-0.1, -0.05) is 12.1 Å². The fraction of sp³-hybridized carbons (Fsp3) is 0.333. The number of hydrogen-bond acceptors (Lipinski definition) is 4. The van der Waals surface area contributed by atoms with E-state index < -0.39 is 0 Å². The van der Waals surface area contributed by atoms with E-state index in [-0.39, 0.29) is 36.8 Å². The summed E-state index contributed by atoms with van der Waals surface area (Å²) in [5.74, 6) is 0.794. The van der Waals surface area contributed by atoms with E-state index in [0.717, 1.165) is 25.2 Å². The largest absolute Gasteiger partial charge is 0.444 e. The first-order valence-electron chi connectivity index (χ1n) is 6.76. The summed E-state index contributed by atoms with van der Waals surface area (Å²) in [5, 5.41) is 3.29. The van der Waals surface area contributed by atoms with Crippen LogP contribution in [0.2, 0.25) is 0 Å². The maximum Gasteiger partial charge on any atom is 0.254 e. The Labute approximate surface area is 141 Å². The fourth-order valence-corrected chi connectivity index (χ4v) is 2.44. The van der Waals surface area contributed by atoms with Crippen molar-refractivity contribution in [3.63, 3.8) is 0 Å². The minimum atomic E-state index is 0. The van der Waals surface area contributed by atoms with Gasteiger partial charge in [0, 0.05) is 36.8 Å². The topological polar surface area (TPSA) is 58.4 Å². The Morgan fingerprint density at radius 3 is 2.64 bits per heavy atom. The Morgan fingerprint density at radius 2 is 2.05 bits per heavy atom. The van der Waals surface area contributed by atoms with Crippen molar-refractivity contribution >= 4 is 30.7 Å². The molecule has 2 aromatic rings. The van der Waals surface area contributed by atoms with Gasteiger partial charge in [0.2, 0.25) is 0 Å². The lowest BCUT2D eigenvalue weighted by molar-refractivity contribution is 0.0656. The standard InChI is InChI=1S/C15H17N3O2.2ClH/c1-11-8-16-6-7-18(11)15(19)13-4-2-12(3-5-13)14-9-17-10-20-14;;/h2-5,9-11,16H,6-8H2,1H3;2*1H/t11-;;/m0../s1. The van der Waals surface area contributed by atoms with Crippen molar-refractivity contribution in [3.8, 4) is 11.3 Å². The van der Waals surface area contributed by atoms with Gasteiger partial charge in [-0.05, 0) is 19.1 Å². The molecule has 7 heteroatoms. The average Bonchev–Trinajstić information content (AvgIpc) is 3.01. The molecular formula is C15H19Cl2N3O2. The average molecular weight is 344 g/mol. The van der Waals surface area contributed by atoms with Crippen LogP contribution in [0.4, 0.5) is 0 Å². The molecule has 0 unspecified atom stereocenters. The van der Waals surface area contributed by atoms with E-state index >= 15 is 0 Å². The Balaban J connectivity index is 0.00000121. The van der Waals surface area contributed by atoms with E-state index in [1.165, 1.54) is 6.39 Å². The minimum Gasteiger partial charge on any atom is -0.444 e. The molecule has 1 amide bonds. The molecule has 3 rings (SSSR count). The van der Waals surface area contributed by atoms with Crippen molar-refractivity contribution in [1.82, 2.24) is 15.2 Å². The van der Waals surface area contributed by atoms with Gasteiger partial charge in [-0.2, -0.15) is 0 Å². The molecule has 5 nitrogen and oxygen atoms in total. The van der Waals surface area contributed by atoms with Crippen LogP contribution < -0.4 is 5.32 Å². The third-order valence-electron chi connectivity index (χ3n) is 3.61. The first kappa shape index (κ1) is 18.5. The monoisotopic (exact) mass is 343 g/mol. The molecular weight excluding hydrogens is 325 g/mol. The zero-order valence-electron chi connectivity index (χ0n) is 12.2. The van der Waals surface area contributed by atoms with E-state index in [1.807, 2.05) is 29.2 Å². The van der Waals surface area contributed by atoms with E-state index in [1.54, 1.807) is 6.20 Å². The first-order chi connectivity index (χ1) is 9.75.